The first kappa shape index (κ1) is 26.4. The van der Waals surface area contributed by atoms with Gasteiger partial charge < -0.3 is 28.7 Å². The number of carbonyl (C=O) groups excluding carboxylic acids is 2. The van der Waals surface area contributed by atoms with Crippen LogP contribution >= 0.6 is 0 Å². The van der Waals surface area contributed by atoms with Crippen molar-refractivity contribution in [3.8, 4) is 23.0 Å². The molecule has 2 amide bonds. The first-order valence-electron chi connectivity index (χ1n) is 11.6. The number of hydrogen-bond donors (Lipinski definition) is 0. The minimum atomic E-state index is -0.145. The van der Waals surface area contributed by atoms with Crippen molar-refractivity contribution in [2.45, 2.75) is 0 Å². The van der Waals surface area contributed by atoms with Gasteiger partial charge in [-0.15, -0.1) is 0 Å². The van der Waals surface area contributed by atoms with Crippen LogP contribution in [0.4, 0.5) is 0 Å². The molecule has 0 saturated carbocycles. The molecule has 8 nitrogen and oxygen atoms in total. The number of ether oxygens (including phenoxy) is 4. The largest absolute Gasteiger partial charge is 0.497 e. The number of rotatable bonds is 12. The number of benzene rings is 3. The second kappa shape index (κ2) is 13.0. The molecule has 3 aromatic rings. The number of nitrogens with zero attached hydrogens (tertiary/aromatic N) is 2. The second-order valence-corrected chi connectivity index (χ2v) is 8.08. The molecule has 3 rings (SSSR count). The van der Waals surface area contributed by atoms with E-state index in [1.54, 1.807) is 62.4 Å². The minimum absolute atomic E-state index is 0.145. The lowest BCUT2D eigenvalue weighted by atomic mass is 10.1. The number of methoxy groups -OCH3 is 2. The predicted octanol–water partition coefficient (Wildman–Crippen LogP) is 4.01. The zero-order chi connectivity index (χ0) is 25.9. The van der Waals surface area contributed by atoms with Gasteiger partial charge in [-0.1, -0.05) is 0 Å². The van der Waals surface area contributed by atoms with Gasteiger partial charge in [-0.05, 0) is 72.8 Å². The molecular weight excluding hydrogens is 460 g/mol. The maximum atomic E-state index is 12.7. The summed E-state index contributed by atoms with van der Waals surface area (Å²) in [4.78, 5) is 28.6. The van der Waals surface area contributed by atoms with E-state index < -0.39 is 0 Å². The highest BCUT2D eigenvalue weighted by molar-refractivity contribution is 5.97. The molecule has 8 heteroatoms. The molecule has 0 heterocycles. The Kier molecular flexibility index (Phi) is 9.56. The van der Waals surface area contributed by atoms with Crippen molar-refractivity contribution in [2.75, 3.05) is 54.6 Å². The van der Waals surface area contributed by atoms with Crippen molar-refractivity contribution in [2.24, 2.45) is 0 Å². The molecule has 0 atom stereocenters. The van der Waals surface area contributed by atoms with Gasteiger partial charge in [0.25, 0.3) is 11.8 Å². The molecule has 0 saturated heterocycles. The fourth-order valence-corrected chi connectivity index (χ4v) is 3.34. The predicted molar refractivity (Wildman–Crippen MR) is 137 cm³/mol. The van der Waals surface area contributed by atoms with Gasteiger partial charge in [-0.2, -0.15) is 0 Å². The van der Waals surface area contributed by atoms with Crippen LogP contribution in [0.3, 0.4) is 0 Å². The lowest BCUT2D eigenvalue weighted by molar-refractivity contribution is 0.0763. The van der Waals surface area contributed by atoms with E-state index in [9.17, 15) is 9.59 Å². The summed E-state index contributed by atoms with van der Waals surface area (Å²) in [5.74, 6) is 2.63. The molecule has 0 aliphatic carbocycles. The maximum Gasteiger partial charge on any atom is 0.253 e. The molecule has 0 bridgehead atoms. The summed E-state index contributed by atoms with van der Waals surface area (Å²) in [5, 5.41) is 0. The van der Waals surface area contributed by atoms with Crippen LogP contribution in [-0.2, 0) is 0 Å². The maximum absolute atomic E-state index is 12.7. The van der Waals surface area contributed by atoms with E-state index in [-0.39, 0.29) is 11.8 Å². The summed E-state index contributed by atoms with van der Waals surface area (Å²) < 4.78 is 21.6. The third kappa shape index (κ3) is 7.40. The zero-order valence-corrected chi connectivity index (χ0v) is 21.1. The number of likely N-dealkylation sites (N-methyl/N-ethyl adjacent to an activating group) is 2. The highest BCUT2D eigenvalue weighted by atomic mass is 16.5. The van der Waals surface area contributed by atoms with Gasteiger partial charge in [0.1, 0.15) is 36.2 Å². The van der Waals surface area contributed by atoms with Crippen molar-refractivity contribution < 1.29 is 28.5 Å². The molecule has 0 aliphatic rings. The Labute approximate surface area is 211 Å². The molecule has 0 radical (unpaired) electrons. The third-order valence-corrected chi connectivity index (χ3v) is 5.58. The van der Waals surface area contributed by atoms with E-state index in [0.29, 0.717) is 48.9 Å². The Bertz CT molecular complexity index is 1020. The van der Waals surface area contributed by atoms with E-state index in [0.717, 1.165) is 11.5 Å². The van der Waals surface area contributed by atoms with Gasteiger partial charge in [-0.25, -0.2) is 0 Å². The Morgan fingerprint density at radius 3 is 1.17 bits per heavy atom. The lowest BCUT2D eigenvalue weighted by Crippen LogP contribution is -2.32. The molecule has 190 valence electrons. The quantitative estimate of drug-likeness (QED) is 0.380. The van der Waals surface area contributed by atoms with Gasteiger partial charge in [0.2, 0.25) is 0 Å². The standard InChI is InChI=1S/C28H32N2O6/c1-29(17-19-35-25-13-9-23(33-3)10-14-25)27(31)21-5-7-22(8-6-21)28(32)30(2)18-20-36-26-15-11-24(34-4)12-16-26/h5-16H,17-20H2,1-4H3. The van der Waals surface area contributed by atoms with Gasteiger partial charge in [0.15, 0.2) is 0 Å². The summed E-state index contributed by atoms with van der Waals surface area (Å²) in [6.07, 6.45) is 0. The molecule has 0 spiro atoms. The van der Waals surface area contributed by atoms with Crippen molar-refractivity contribution in [1.29, 1.82) is 0 Å². The molecule has 3 aromatic carbocycles. The Morgan fingerprint density at radius 1 is 0.556 bits per heavy atom. The number of hydrogen-bond acceptors (Lipinski definition) is 6. The summed E-state index contributed by atoms with van der Waals surface area (Å²) >= 11 is 0. The monoisotopic (exact) mass is 492 g/mol. The summed E-state index contributed by atoms with van der Waals surface area (Å²) in [7, 11) is 6.65. The molecule has 36 heavy (non-hydrogen) atoms. The van der Waals surface area contributed by atoms with Crippen LogP contribution in [0.5, 0.6) is 23.0 Å². The van der Waals surface area contributed by atoms with E-state index in [4.69, 9.17) is 18.9 Å². The molecule has 0 aliphatic heterocycles. The molecule has 0 N–H and O–H groups in total. The van der Waals surface area contributed by atoms with E-state index >= 15 is 0 Å². The van der Waals surface area contributed by atoms with Crippen LogP contribution < -0.4 is 18.9 Å². The van der Waals surface area contributed by atoms with Crippen LogP contribution in [0.2, 0.25) is 0 Å². The van der Waals surface area contributed by atoms with E-state index in [1.807, 2.05) is 48.5 Å². The number of amides is 2. The van der Waals surface area contributed by atoms with Gasteiger partial charge in [-0.3, -0.25) is 9.59 Å². The van der Waals surface area contributed by atoms with E-state index in [1.165, 1.54) is 0 Å². The fourth-order valence-electron chi connectivity index (χ4n) is 3.34. The van der Waals surface area contributed by atoms with Crippen molar-refractivity contribution >= 4 is 11.8 Å². The van der Waals surface area contributed by atoms with Crippen LogP contribution in [0.1, 0.15) is 20.7 Å². The normalized spacial score (nSPS) is 10.3. The Balaban J connectivity index is 1.44. The van der Waals surface area contributed by atoms with Crippen LogP contribution in [0.15, 0.2) is 72.8 Å². The number of carbonyl (C=O) groups is 2. The fraction of sp³-hybridized carbons (Fsp3) is 0.286. The van der Waals surface area contributed by atoms with Crippen LogP contribution in [0, 0.1) is 0 Å². The van der Waals surface area contributed by atoms with Crippen LogP contribution in [0.25, 0.3) is 0 Å². The highest BCUT2D eigenvalue weighted by Crippen LogP contribution is 2.18. The van der Waals surface area contributed by atoms with Crippen molar-refractivity contribution in [3.63, 3.8) is 0 Å². The highest BCUT2D eigenvalue weighted by Gasteiger charge is 2.15. The smallest absolute Gasteiger partial charge is 0.253 e. The first-order valence-corrected chi connectivity index (χ1v) is 11.6. The summed E-state index contributed by atoms with van der Waals surface area (Å²) in [6.45, 7) is 1.55. The third-order valence-electron chi connectivity index (χ3n) is 5.58. The summed E-state index contributed by atoms with van der Waals surface area (Å²) in [6, 6.07) is 21.2. The van der Waals surface area contributed by atoms with Crippen LogP contribution in [-0.4, -0.2) is 76.2 Å². The molecular formula is C28H32N2O6. The molecule has 0 fully saturated rings. The molecule has 0 aromatic heterocycles. The van der Waals surface area contributed by atoms with Gasteiger partial charge in [0, 0.05) is 25.2 Å². The Morgan fingerprint density at radius 2 is 0.861 bits per heavy atom. The van der Waals surface area contributed by atoms with Crippen molar-refractivity contribution in [3.05, 3.63) is 83.9 Å². The van der Waals surface area contributed by atoms with Gasteiger partial charge >= 0.3 is 0 Å². The van der Waals surface area contributed by atoms with E-state index in [2.05, 4.69) is 0 Å². The average Bonchev–Trinajstić information content (AvgIpc) is 2.93. The van der Waals surface area contributed by atoms with Gasteiger partial charge in [0.05, 0.1) is 27.3 Å². The first-order chi connectivity index (χ1) is 17.4. The zero-order valence-electron chi connectivity index (χ0n) is 21.1. The Hall–Kier alpha value is -4.20. The minimum Gasteiger partial charge on any atom is -0.497 e. The molecule has 0 unspecified atom stereocenters. The summed E-state index contributed by atoms with van der Waals surface area (Å²) in [5.41, 5.74) is 1.01. The second-order valence-electron chi connectivity index (χ2n) is 8.08. The average molecular weight is 493 g/mol. The topological polar surface area (TPSA) is 77.5 Å². The SMILES string of the molecule is COc1ccc(OCCN(C)C(=O)c2ccc(C(=O)N(C)CCOc3ccc(OC)cc3)cc2)cc1. The van der Waals surface area contributed by atoms with Crippen molar-refractivity contribution in [1.82, 2.24) is 9.80 Å². The lowest BCUT2D eigenvalue weighted by Gasteiger charge is -2.19.